The molecule has 0 bridgehead atoms. The highest BCUT2D eigenvalue weighted by atomic mass is 79.9. The number of hydrogen-bond acceptors (Lipinski definition) is 2. The number of halogens is 1. The maximum Gasteiger partial charge on any atom is 0.252 e. The molecule has 1 aliphatic rings. The van der Waals surface area contributed by atoms with Crippen molar-refractivity contribution in [3.05, 3.63) is 106 Å². The van der Waals surface area contributed by atoms with Crippen LogP contribution in [0.1, 0.15) is 27.5 Å². The summed E-state index contributed by atoms with van der Waals surface area (Å²) in [7, 11) is 0. The van der Waals surface area contributed by atoms with E-state index < -0.39 is 0 Å². The molecule has 0 aromatic heterocycles. The Morgan fingerprint density at radius 3 is 2.00 bits per heavy atom. The molecule has 3 nitrogen and oxygen atoms in total. The van der Waals surface area contributed by atoms with Crippen LogP contribution < -0.4 is 5.32 Å². The highest BCUT2D eigenvalue weighted by Gasteiger charge is 2.34. The quantitative estimate of drug-likeness (QED) is 0.598. The van der Waals surface area contributed by atoms with Crippen molar-refractivity contribution in [1.29, 1.82) is 0 Å². The van der Waals surface area contributed by atoms with Crippen LogP contribution in [-0.4, -0.2) is 30.4 Å². The minimum atomic E-state index is -0.0198. The molecule has 3 aromatic carbocycles. The topological polar surface area (TPSA) is 32.3 Å². The van der Waals surface area contributed by atoms with Gasteiger partial charge in [0.2, 0.25) is 0 Å². The van der Waals surface area contributed by atoms with E-state index in [4.69, 9.17) is 0 Å². The lowest BCUT2D eigenvalue weighted by Crippen LogP contribution is -2.52. The predicted octanol–water partition coefficient (Wildman–Crippen LogP) is 4.90. The van der Waals surface area contributed by atoms with Crippen LogP contribution in [0.3, 0.4) is 0 Å². The van der Waals surface area contributed by atoms with Gasteiger partial charge in [0.1, 0.15) is 0 Å². The number of nitrogens with zero attached hydrogens (tertiary/aromatic N) is 1. The van der Waals surface area contributed by atoms with E-state index in [1.807, 2.05) is 24.3 Å². The van der Waals surface area contributed by atoms with E-state index in [0.717, 1.165) is 17.6 Å². The van der Waals surface area contributed by atoms with Gasteiger partial charge in [-0.2, -0.15) is 0 Å². The fourth-order valence-electron chi connectivity index (χ4n) is 3.81. The smallest absolute Gasteiger partial charge is 0.252 e. The van der Waals surface area contributed by atoms with Gasteiger partial charge in [0.25, 0.3) is 5.91 Å². The molecular formula is C24H23BrN2O. The van der Waals surface area contributed by atoms with Crippen molar-refractivity contribution in [2.75, 3.05) is 19.6 Å². The molecule has 4 rings (SSSR count). The number of benzene rings is 3. The molecule has 1 amide bonds. The second-order valence-corrected chi connectivity index (χ2v) is 8.09. The first-order valence-corrected chi connectivity index (χ1v) is 10.4. The molecule has 0 aliphatic carbocycles. The maximum absolute atomic E-state index is 12.4. The molecule has 1 aliphatic heterocycles. The van der Waals surface area contributed by atoms with Gasteiger partial charge in [-0.05, 0) is 39.2 Å². The van der Waals surface area contributed by atoms with E-state index in [-0.39, 0.29) is 11.9 Å². The molecule has 0 spiro atoms. The van der Waals surface area contributed by atoms with Crippen molar-refractivity contribution in [3.63, 3.8) is 0 Å². The molecule has 1 fully saturated rings. The average Bonchev–Trinajstić information content (AvgIpc) is 2.71. The second kappa shape index (κ2) is 8.72. The number of rotatable bonds is 6. The van der Waals surface area contributed by atoms with E-state index in [1.165, 1.54) is 11.1 Å². The van der Waals surface area contributed by atoms with Gasteiger partial charge in [-0.1, -0.05) is 72.8 Å². The van der Waals surface area contributed by atoms with Gasteiger partial charge in [0.15, 0.2) is 0 Å². The van der Waals surface area contributed by atoms with Gasteiger partial charge in [-0.25, -0.2) is 0 Å². The first-order valence-electron chi connectivity index (χ1n) is 9.59. The van der Waals surface area contributed by atoms with Crippen molar-refractivity contribution in [2.24, 2.45) is 5.92 Å². The monoisotopic (exact) mass is 434 g/mol. The van der Waals surface area contributed by atoms with Crippen LogP contribution in [0.4, 0.5) is 0 Å². The highest BCUT2D eigenvalue weighted by molar-refractivity contribution is 9.10. The van der Waals surface area contributed by atoms with Gasteiger partial charge in [-0.15, -0.1) is 0 Å². The minimum absolute atomic E-state index is 0.0198. The summed E-state index contributed by atoms with van der Waals surface area (Å²) in [5.74, 6) is 0.454. The summed E-state index contributed by atoms with van der Waals surface area (Å²) in [4.78, 5) is 14.9. The van der Waals surface area contributed by atoms with Gasteiger partial charge in [0, 0.05) is 30.0 Å². The van der Waals surface area contributed by atoms with Gasteiger partial charge < -0.3 is 5.32 Å². The van der Waals surface area contributed by atoms with E-state index >= 15 is 0 Å². The third kappa shape index (κ3) is 4.18. The zero-order valence-corrected chi connectivity index (χ0v) is 17.2. The van der Waals surface area contributed by atoms with E-state index in [0.29, 0.717) is 18.0 Å². The fourth-order valence-corrected chi connectivity index (χ4v) is 4.28. The van der Waals surface area contributed by atoms with E-state index in [2.05, 4.69) is 86.8 Å². The van der Waals surface area contributed by atoms with Crippen LogP contribution in [0.5, 0.6) is 0 Å². The predicted molar refractivity (Wildman–Crippen MR) is 116 cm³/mol. The Morgan fingerprint density at radius 1 is 0.893 bits per heavy atom. The number of amides is 1. The summed E-state index contributed by atoms with van der Waals surface area (Å²) in [6.07, 6.45) is 0. The Hall–Kier alpha value is -2.43. The standard InChI is InChI=1S/C24H23BrN2O/c25-22-14-8-7-13-21(22)24(28)26-15-18-16-27(17-18)23(19-9-3-1-4-10-19)20-11-5-2-6-12-20/h1-14,18,23H,15-17H2,(H,26,28). The summed E-state index contributed by atoms with van der Waals surface area (Å²) < 4.78 is 0.830. The molecule has 1 N–H and O–H groups in total. The van der Waals surface area contributed by atoms with Crippen molar-refractivity contribution < 1.29 is 4.79 Å². The van der Waals surface area contributed by atoms with Crippen molar-refractivity contribution in [2.45, 2.75) is 6.04 Å². The highest BCUT2D eigenvalue weighted by Crippen LogP contribution is 2.34. The molecule has 0 radical (unpaired) electrons. The Bertz CT molecular complexity index is 884. The molecule has 3 aromatic rings. The lowest BCUT2D eigenvalue weighted by Gasteiger charge is -2.45. The molecule has 142 valence electrons. The summed E-state index contributed by atoms with van der Waals surface area (Å²) in [5.41, 5.74) is 3.30. The fraction of sp³-hybridized carbons (Fsp3) is 0.208. The molecule has 4 heteroatoms. The molecule has 1 saturated heterocycles. The number of carbonyl (C=O) groups excluding carboxylic acids is 1. The summed E-state index contributed by atoms with van der Waals surface area (Å²) >= 11 is 3.45. The Balaban J connectivity index is 1.39. The SMILES string of the molecule is O=C(NCC1CN(C(c2ccccc2)c2ccccc2)C1)c1ccccc1Br. The Labute approximate surface area is 174 Å². The largest absolute Gasteiger partial charge is 0.352 e. The molecule has 0 atom stereocenters. The van der Waals surface area contributed by atoms with Crippen LogP contribution in [0.2, 0.25) is 0 Å². The number of likely N-dealkylation sites (tertiary alicyclic amines) is 1. The van der Waals surface area contributed by atoms with Gasteiger partial charge >= 0.3 is 0 Å². The first kappa shape index (κ1) is 18.9. The van der Waals surface area contributed by atoms with Crippen LogP contribution in [0.25, 0.3) is 0 Å². The Morgan fingerprint density at radius 2 is 1.43 bits per heavy atom. The number of hydrogen-bond donors (Lipinski definition) is 1. The third-order valence-electron chi connectivity index (χ3n) is 5.25. The van der Waals surface area contributed by atoms with Crippen LogP contribution in [0.15, 0.2) is 89.4 Å². The lowest BCUT2D eigenvalue weighted by atomic mass is 9.90. The van der Waals surface area contributed by atoms with E-state index in [9.17, 15) is 4.79 Å². The average molecular weight is 435 g/mol. The minimum Gasteiger partial charge on any atom is -0.352 e. The Kier molecular flexibility index (Phi) is 5.89. The lowest BCUT2D eigenvalue weighted by molar-refractivity contribution is 0.0644. The zero-order valence-electron chi connectivity index (χ0n) is 15.6. The molecule has 0 saturated carbocycles. The van der Waals surface area contributed by atoms with Gasteiger partial charge in [-0.3, -0.25) is 9.69 Å². The van der Waals surface area contributed by atoms with Crippen LogP contribution >= 0.6 is 15.9 Å². The molecule has 28 heavy (non-hydrogen) atoms. The third-order valence-corrected chi connectivity index (χ3v) is 5.94. The molecular weight excluding hydrogens is 412 g/mol. The molecule has 0 unspecified atom stereocenters. The summed E-state index contributed by atoms with van der Waals surface area (Å²) in [5, 5.41) is 3.09. The second-order valence-electron chi connectivity index (χ2n) is 7.23. The summed E-state index contributed by atoms with van der Waals surface area (Å²) in [6.45, 7) is 2.66. The number of nitrogens with one attached hydrogen (secondary N) is 1. The van der Waals surface area contributed by atoms with Crippen LogP contribution in [-0.2, 0) is 0 Å². The van der Waals surface area contributed by atoms with Gasteiger partial charge in [0.05, 0.1) is 11.6 Å². The molecule has 1 heterocycles. The summed E-state index contributed by atoms with van der Waals surface area (Å²) in [6, 6.07) is 29.1. The van der Waals surface area contributed by atoms with Crippen molar-refractivity contribution >= 4 is 21.8 Å². The van der Waals surface area contributed by atoms with E-state index in [1.54, 1.807) is 0 Å². The van der Waals surface area contributed by atoms with Crippen LogP contribution in [0, 0.1) is 5.92 Å². The maximum atomic E-state index is 12.4. The van der Waals surface area contributed by atoms with Crippen molar-refractivity contribution in [3.8, 4) is 0 Å². The normalized spacial score (nSPS) is 14.6. The number of carbonyl (C=O) groups is 1. The zero-order chi connectivity index (χ0) is 19.3. The van der Waals surface area contributed by atoms with Crippen molar-refractivity contribution in [1.82, 2.24) is 10.2 Å². The first-order chi connectivity index (χ1) is 13.7.